The summed E-state index contributed by atoms with van der Waals surface area (Å²) in [4.78, 5) is 5.44. The van der Waals surface area contributed by atoms with Crippen molar-refractivity contribution in [3.63, 3.8) is 0 Å². The second-order valence-corrected chi connectivity index (χ2v) is 8.88. The van der Waals surface area contributed by atoms with Crippen LogP contribution in [0.2, 0.25) is 0 Å². The Balaban J connectivity index is 1.35. The van der Waals surface area contributed by atoms with E-state index in [1.807, 2.05) is 80.7 Å². The van der Waals surface area contributed by atoms with E-state index in [-0.39, 0.29) is 11.1 Å². The van der Waals surface area contributed by atoms with Gasteiger partial charge in [-0.15, -0.1) is 0 Å². The molecule has 7 nitrogen and oxygen atoms in total. The lowest BCUT2D eigenvalue weighted by molar-refractivity contribution is 0.132. The number of halogens is 2. The molecule has 37 heavy (non-hydrogen) atoms. The van der Waals surface area contributed by atoms with Gasteiger partial charge in [0.25, 0.3) is 0 Å². The molecule has 0 bridgehead atoms. The number of aryl methyl sites for hydroxylation is 2. The fraction of sp³-hybridized carbons (Fsp3) is 0.143. The highest BCUT2D eigenvalue weighted by atomic mass is 35.5. The van der Waals surface area contributed by atoms with Gasteiger partial charge in [-0.1, -0.05) is 58.7 Å². The Bertz CT molecular complexity index is 1350. The number of hydrogen-bond acceptors (Lipinski definition) is 6. The molecule has 0 radical (unpaired) electrons. The maximum Gasteiger partial charge on any atom is 0.226 e. The predicted molar refractivity (Wildman–Crippen MR) is 145 cm³/mol. The average molecular weight is 538 g/mol. The number of rotatable bonds is 11. The molecule has 3 aromatic carbocycles. The normalized spacial score (nSPS) is 10.8. The molecule has 0 aliphatic carbocycles. The molecule has 1 heterocycles. The minimum Gasteiger partial charge on any atom is -0.489 e. The highest BCUT2D eigenvalue weighted by Gasteiger charge is 2.14. The summed E-state index contributed by atoms with van der Waals surface area (Å²) in [5, 5.41) is 8.55. The van der Waals surface area contributed by atoms with Gasteiger partial charge in [-0.05, 0) is 67.1 Å². The molecule has 0 N–H and O–H groups in total. The van der Waals surface area contributed by atoms with Gasteiger partial charge < -0.3 is 19.0 Å². The molecule has 0 unspecified atom stereocenters. The molecule has 0 saturated carbocycles. The van der Waals surface area contributed by atoms with E-state index in [0.717, 1.165) is 16.8 Å². The maximum atomic E-state index is 6.11. The Morgan fingerprint density at radius 1 is 0.865 bits per heavy atom. The first kappa shape index (κ1) is 26.1. The molecular weight excluding hydrogens is 513 g/mol. The monoisotopic (exact) mass is 537 g/mol. The van der Waals surface area contributed by atoms with Crippen LogP contribution in [0.5, 0.6) is 28.9 Å². The van der Waals surface area contributed by atoms with Crippen molar-refractivity contribution in [3.05, 3.63) is 106 Å². The van der Waals surface area contributed by atoms with E-state index in [2.05, 4.69) is 10.3 Å². The summed E-state index contributed by atoms with van der Waals surface area (Å²) in [6.45, 7) is 2.56. The fourth-order valence-electron chi connectivity index (χ4n) is 3.33. The lowest BCUT2D eigenvalue weighted by Crippen LogP contribution is -1.97. The van der Waals surface area contributed by atoms with Gasteiger partial charge >= 0.3 is 0 Å². The molecule has 0 aliphatic heterocycles. The topological polar surface area (TPSA) is 67.1 Å². The van der Waals surface area contributed by atoms with Crippen molar-refractivity contribution in [2.24, 2.45) is 12.2 Å². The Morgan fingerprint density at radius 2 is 1.46 bits per heavy atom. The Labute approximate surface area is 225 Å². The van der Waals surface area contributed by atoms with Crippen LogP contribution in [-0.4, -0.2) is 22.6 Å². The van der Waals surface area contributed by atoms with Crippen molar-refractivity contribution in [2.75, 3.05) is 6.61 Å². The van der Waals surface area contributed by atoms with Crippen LogP contribution in [0.15, 0.2) is 94.6 Å². The van der Waals surface area contributed by atoms with E-state index in [4.69, 9.17) is 42.3 Å². The molecule has 0 saturated heterocycles. The van der Waals surface area contributed by atoms with E-state index >= 15 is 0 Å². The zero-order valence-electron chi connectivity index (χ0n) is 20.3. The highest BCUT2D eigenvalue weighted by molar-refractivity contribution is 6.55. The van der Waals surface area contributed by atoms with Crippen molar-refractivity contribution >= 4 is 29.4 Å². The van der Waals surface area contributed by atoms with Crippen LogP contribution in [0.4, 0.5) is 0 Å². The molecule has 4 aromatic rings. The van der Waals surface area contributed by atoms with Gasteiger partial charge in [0.1, 0.15) is 40.7 Å². The number of hydrogen-bond donors (Lipinski definition) is 0. The lowest BCUT2D eigenvalue weighted by Gasteiger charge is -2.10. The van der Waals surface area contributed by atoms with Crippen molar-refractivity contribution in [1.29, 1.82) is 0 Å². The van der Waals surface area contributed by atoms with Crippen LogP contribution in [0.25, 0.3) is 0 Å². The number of aromatic nitrogens is 2. The fourth-order valence-corrected chi connectivity index (χ4v) is 3.45. The van der Waals surface area contributed by atoms with Gasteiger partial charge in [-0.3, -0.25) is 0 Å². The van der Waals surface area contributed by atoms with Crippen LogP contribution < -0.4 is 14.2 Å². The van der Waals surface area contributed by atoms with Crippen LogP contribution in [0.3, 0.4) is 0 Å². The number of nitrogens with zero attached hydrogens (tertiary/aromatic N) is 3. The minimum atomic E-state index is 0.170. The number of oxime groups is 1. The molecule has 0 spiro atoms. The SMILES string of the molecule is Cc1nn(C)c(Oc2ccc(Oc3ccc(OCC=C(Cl)Cl)cc3)cc2)c1C=NOCc1ccccc1. The summed E-state index contributed by atoms with van der Waals surface area (Å²) in [5.74, 6) is 3.20. The van der Waals surface area contributed by atoms with E-state index in [0.29, 0.717) is 35.5 Å². The first-order valence-electron chi connectivity index (χ1n) is 11.4. The summed E-state index contributed by atoms with van der Waals surface area (Å²) in [5.41, 5.74) is 2.55. The second kappa shape index (κ2) is 12.9. The zero-order chi connectivity index (χ0) is 26.0. The van der Waals surface area contributed by atoms with Crippen molar-refractivity contribution < 1.29 is 19.0 Å². The Kier molecular flexibility index (Phi) is 9.08. The third kappa shape index (κ3) is 7.77. The summed E-state index contributed by atoms with van der Waals surface area (Å²) >= 11 is 11.2. The molecule has 0 amide bonds. The van der Waals surface area contributed by atoms with E-state index in [9.17, 15) is 0 Å². The molecule has 0 aliphatic rings. The number of ether oxygens (including phenoxy) is 3. The third-order valence-electron chi connectivity index (χ3n) is 5.13. The van der Waals surface area contributed by atoms with Crippen molar-refractivity contribution in [2.45, 2.75) is 13.5 Å². The van der Waals surface area contributed by atoms with Gasteiger partial charge in [0.15, 0.2) is 0 Å². The summed E-state index contributed by atoms with van der Waals surface area (Å²) in [6.07, 6.45) is 3.19. The van der Waals surface area contributed by atoms with Crippen LogP contribution >= 0.6 is 23.2 Å². The van der Waals surface area contributed by atoms with E-state index in [1.165, 1.54) is 0 Å². The third-order valence-corrected chi connectivity index (χ3v) is 5.44. The first-order chi connectivity index (χ1) is 18.0. The molecule has 9 heteroatoms. The van der Waals surface area contributed by atoms with Crippen molar-refractivity contribution in [1.82, 2.24) is 9.78 Å². The second-order valence-electron chi connectivity index (χ2n) is 7.87. The molecule has 1 aromatic heterocycles. The predicted octanol–water partition coefficient (Wildman–Crippen LogP) is 7.56. The van der Waals surface area contributed by atoms with Crippen LogP contribution in [0, 0.1) is 6.92 Å². The maximum absolute atomic E-state index is 6.11. The lowest BCUT2D eigenvalue weighted by atomic mass is 10.2. The van der Waals surface area contributed by atoms with Gasteiger partial charge in [0, 0.05) is 7.05 Å². The first-order valence-corrected chi connectivity index (χ1v) is 12.2. The Hall–Kier alpha value is -3.94. The zero-order valence-corrected chi connectivity index (χ0v) is 21.8. The van der Waals surface area contributed by atoms with Crippen LogP contribution in [-0.2, 0) is 18.5 Å². The molecule has 4 rings (SSSR count). The summed E-state index contributed by atoms with van der Waals surface area (Å²) in [7, 11) is 1.82. The van der Waals surface area contributed by atoms with E-state index in [1.54, 1.807) is 29.1 Å². The molecular formula is C28H25Cl2N3O4. The van der Waals surface area contributed by atoms with Gasteiger partial charge in [-0.2, -0.15) is 5.10 Å². The number of benzene rings is 3. The Morgan fingerprint density at radius 3 is 2.08 bits per heavy atom. The average Bonchev–Trinajstić information content (AvgIpc) is 3.16. The van der Waals surface area contributed by atoms with E-state index < -0.39 is 0 Å². The van der Waals surface area contributed by atoms with Gasteiger partial charge in [0.2, 0.25) is 5.88 Å². The van der Waals surface area contributed by atoms with Gasteiger partial charge in [-0.25, -0.2) is 4.68 Å². The molecule has 0 fully saturated rings. The summed E-state index contributed by atoms with van der Waals surface area (Å²) in [6, 6.07) is 24.4. The largest absolute Gasteiger partial charge is 0.489 e. The molecule has 0 atom stereocenters. The van der Waals surface area contributed by atoms with Crippen LogP contribution in [0.1, 0.15) is 16.8 Å². The smallest absolute Gasteiger partial charge is 0.226 e. The standard InChI is InChI=1S/C28H25Cl2N3O4/c1-20-26(18-31-35-19-21-6-4-3-5-7-21)28(33(2)32-20)37-25-14-12-24(13-15-25)36-23-10-8-22(9-11-23)34-17-16-27(29)30/h3-16,18H,17,19H2,1-2H3. The van der Waals surface area contributed by atoms with Crippen molar-refractivity contribution in [3.8, 4) is 28.9 Å². The minimum absolute atomic E-state index is 0.170. The summed E-state index contributed by atoms with van der Waals surface area (Å²) < 4.78 is 19.4. The highest BCUT2D eigenvalue weighted by Crippen LogP contribution is 2.29. The molecule has 190 valence electrons. The van der Waals surface area contributed by atoms with Gasteiger partial charge in [0.05, 0.1) is 17.5 Å². The quantitative estimate of drug-likeness (QED) is 0.146.